The van der Waals surface area contributed by atoms with Crippen molar-refractivity contribution in [1.82, 2.24) is 9.62 Å². The standard InChI is InChI=1S/C22H22N2O6S/c1-2-17(13-4-8-18-19(11-13)30-10-9-29-18)23-21(25)14-3-7-16-20(12-14)31(27,28)24(22(16)26)15-5-6-15/h3-4,7-8,11-12,15,17H,2,5-6,9-10H2,1H3,(H,23,25). The zero-order valence-corrected chi connectivity index (χ0v) is 17.8. The summed E-state index contributed by atoms with van der Waals surface area (Å²) in [4.78, 5) is 25.4. The van der Waals surface area contributed by atoms with Gasteiger partial charge in [-0.15, -0.1) is 0 Å². The summed E-state index contributed by atoms with van der Waals surface area (Å²) in [5, 5.41) is 2.95. The number of carbonyl (C=O) groups is 2. The lowest BCUT2D eigenvalue weighted by atomic mass is 10.0. The van der Waals surface area contributed by atoms with Crippen molar-refractivity contribution in [2.24, 2.45) is 0 Å². The minimum Gasteiger partial charge on any atom is -0.486 e. The van der Waals surface area contributed by atoms with Crippen LogP contribution < -0.4 is 14.8 Å². The second-order valence-corrected chi connectivity index (χ2v) is 9.67. The summed E-state index contributed by atoms with van der Waals surface area (Å²) in [7, 11) is -3.91. The minimum absolute atomic E-state index is 0.0931. The number of rotatable bonds is 5. The average molecular weight is 442 g/mol. The van der Waals surface area contributed by atoms with E-state index in [-0.39, 0.29) is 28.1 Å². The summed E-state index contributed by atoms with van der Waals surface area (Å²) in [5.74, 6) is 0.396. The molecule has 5 rings (SSSR count). The quantitative estimate of drug-likeness (QED) is 0.764. The monoisotopic (exact) mass is 442 g/mol. The summed E-state index contributed by atoms with van der Waals surface area (Å²) in [6.07, 6.45) is 1.99. The second-order valence-electron chi connectivity index (χ2n) is 7.89. The van der Waals surface area contributed by atoms with Crippen LogP contribution in [0.1, 0.15) is 58.5 Å². The van der Waals surface area contributed by atoms with Gasteiger partial charge >= 0.3 is 0 Å². The normalized spacial score (nSPS) is 19.6. The van der Waals surface area contributed by atoms with Crippen molar-refractivity contribution in [3.8, 4) is 11.5 Å². The van der Waals surface area contributed by atoms with Crippen molar-refractivity contribution in [1.29, 1.82) is 0 Å². The van der Waals surface area contributed by atoms with Crippen LogP contribution in [0.4, 0.5) is 0 Å². The average Bonchev–Trinajstić information content (AvgIpc) is 3.58. The number of hydrogen-bond donors (Lipinski definition) is 1. The molecule has 1 atom stereocenters. The lowest BCUT2D eigenvalue weighted by molar-refractivity contribution is 0.0863. The Kier molecular flexibility index (Phi) is 4.65. The van der Waals surface area contributed by atoms with Gasteiger partial charge in [0.15, 0.2) is 11.5 Å². The first kappa shape index (κ1) is 19.9. The largest absolute Gasteiger partial charge is 0.486 e. The molecule has 0 spiro atoms. The molecular weight excluding hydrogens is 420 g/mol. The van der Waals surface area contributed by atoms with Gasteiger partial charge < -0.3 is 14.8 Å². The molecule has 0 bridgehead atoms. The van der Waals surface area contributed by atoms with Crippen LogP contribution in [0, 0.1) is 0 Å². The SMILES string of the molecule is CCC(NC(=O)c1ccc2c(c1)S(=O)(=O)N(C1CC1)C2=O)c1ccc2c(c1)OCCO2. The lowest BCUT2D eigenvalue weighted by Gasteiger charge is -2.22. The van der Waals surface area contributed by atoms with Crippen LogP contribution in [0.5, 0.6) is 11.5 Å². The van der Waals surface area contributed by atoms with Crippen LogP contribution in [0.15, 0.2) is 41.3 Å². The number of fused-ring (bicyclic) bond motifs is 2. The van der Waals surface area contributed by atoms with Gasteiger partial charge in [-0.25, -0.2) is 12.7 Å². The summed E-state index contributed by atoms with van der Waals surface area (Å²) < 4.78 is 37.8. The molecule has 2 amide bonds. The highest BCUT2D eigenvalue weighted by Gasteiger charge is 2.48. The van der Waals surface area contributed by atoms with Crippen LogP contribution in [-0.2, 0) is 10.0 Å². The number of nitrogens with zero attached hydrogens (tertiary/aromatic N) is 1. The fourth-order valence-corrected chi connectivity index (χ4v) is 5.84. The van der Waals surface area contributed by atoms with E-state index in [1.165, 1.54) is 18.2 Å². The predicted molar refractivity (Wildman–Crippen MR) is 111 cm³/mol. The molecule has 1 saturated carbocycles. The van der Waals surface area contributed by atoms with Gasteiger partial charge in [-0.2, -0.15) is 0 Å². The molecule has 1 aliphatic carbocycles. The summed E-state index contributed by atoms with van der Waals surface area (Å²) >= 11 is 0. The molecule has 2 aromatic carbocycles. The molecule has 0 saturated heterocycles. The number of amides is 2. The molecule has 2 aliphatic heterocycles. The Morgan fingerprint density at radius 2 is 1.87 bits per heavy atom. The van der Waals surface area contributed by atoms with E-state index in [0.29, 0.717) is 44.0 Å². The zero-order chi connectivity index (χ0) is 21.8. The highest BCUT2D eigenvalue weighted by Crippen LogP contribution is 2.40. The molecule has 2 heterocycles. The third kappa shape index (κ3) is 3.33. The van der Waals surface area contributed by atoms with Crippen LogP contribution >= 0.6 is 0 Å². The van der Waals surface area contributed by atoms with E-state index in [1.54, 1.807) is 0 Å². The van der Waals surface area contributed by atoms with Crippen molar-refractivity contribution in [2.75, 3.05) is 13.2 Å². The van der Waals surface area contributed by atoms with E-state index < -0.39 is 21.8 Å². The number of carbonyl (C=O) groups excluding carboxylic acids is 2. The maximum atomic E-state index is 12.9. The fourth-order valence-electron chi connectivity index (χ4n) is 4.00. The molecule has 162 valence electrons. The number of sulfonamides is 1. The van der Waals surface area contributed by atoms with Crippen molar-refractivity contribution in [3.63, 3.8) is 0 Å². The Bertz CT molecular complexity index is 1190. The fraction of sp³-hybridized carbons (Fsp3) is 0.364. The van der Waals surface area contributed by atoms with Gasteiger partial charge in [0.1, 0.15) is 18.1 Å². The van der Waals surface area contributed by atoms with Crippen molar-refractivity contribution < 1.29 is 27.5 Å². The van der Waals surface area contributed by atoms with Crippen LogP contribution in [-0.4, -0.2) is 43.8 Å². The molecule has 1 unspecified atom stereocenters. The Morgan fingerprint density at radius 1 is 1.13 bits per heavy atom. The predicted octanol–water partition coefficient (Wildman–Crippen LogP) is 2.65. The van der Waals surface area contributed by atoms with Gasteiger partial charge in [0, 0.05) is 11.6 Å². The van der Waals surface area contributed by atoms with Crippen molar-refractivity contribution in [2.45, 2.75) is 43.2 Å². The minimum atomic E-state index is -3.91. The van der Waals surface area contributed by atoms with Crippen molar-refractivity contribution >= 4 is 21.8 Å². The first-order valence-electron chi connectivity index (χ1n) is 10.3. The van der Waals surface area contributed by atoms with E-state index in [1.807, 2.05) is 25.1 Å². The van der Waals surface area contributed by atoms with E-state index in [4.69, 9.17) is 9.47 Å². The van der Waals surface area contributed by atoms with Crippen LogP contribution in [0.2, 0.25) is 0 Å². The van der Waals surface area contributed by atoms with E-state index >= 15 is 0 Å². The number of benzene rings is 2. The summed E-state index contributed by atoms with van der Waals surface area (Å²) in [5.41, 5.74) is 1.19. The van der Waals surface area contributed by atoms with Crippen LogP contribution in [0.3, 0.4) is 0 Å². The molecule has 3 aliphatic rings. The maximum Gasteiger partial charge on any atom is 0.269 e. The molecule has 1 N–H and O–H groups in total. The zero-order valence-electron chi connectivity index (χ0n) is 17.0. The molecule has 1 fully saturated rings. The molecule has 9 heteroatoms. The van der Waals surface area contributed by atoms with Crippen LogP contribution in [0.25, 0.3) is 0 Å². The summed E-state index contributed by atoms with van der Waals surface area (Å²) in [6, 6.07) is 9.21. The van der Waals surface area contributed by atoms with Gasteiger partial charge in [0.2, 0.25) is 0 Å². The smallest absolute Gasteiger partial charge is 0.269 e. The highest BCUT2D eigenvalue weighted by atomic mass is 32.2. The Labute approximate surface area is 180 Å². The number of nitrogens with one attached hydrogen (secondary N) is 1. The first-order valence-corrected chi connectivity index (χ1v) is 11.8. The van der Waals surface area contributed by atoms with Gasteiger partial charge in [0.25, 0.3) is 21.8 Å². The summed E-state index contributed by atoms with van der Waals surface area (Å²) in [6.45, 7) is 2.92. The highest BCUT2D eigenvalue weighted by molar-refractivity contribution is 7.90. The molecule has 8 nitrogen and oxygen atoms in total. The third-order valence-corrected chi connectivity index (χ3v) is 7.65. The maximum absolute atomic E-state index is 12.9. The topological polar surface area (TPSA) is 102 Å². The molecule has 2 aromatic rings. The van der Waals surface area contributed by atoms with Crippen molar-refractivity contribution in [3.05, 3.63) is 53.1 Å². The lowest BCUT2D eigenvalue weighted by Crippen LogP contribution is -2.32. The molecule has 0 radical (unpaired) electrons. The van der Waals surface area contributed by atoms with Gasteiger partial charge in [-0.05, 0) is 55.2 Å². The third-order valence-electron chi connectivity index (χ3n) is 5.77. The number of hydrogen-bond acceptors (Lipinski definition) is 6. The van der Waals surface area contributed by atoms with E-state index in [9.17, 15) is 18.0 Å². The Balaban J connectivity index is 1.40. The van der Waals surface area contributed by atoms with Gasteiger partial charge in [-0.1, -0.05) is 13.0 Å². The van der Waals surface area contributed by atoms with E-state index in [2.05, 4.69) is 5.32 Å². The molecule has 31 heavy (non-hydrogen) atoms. The first-order chi connectivity index (χ1) is 14.9. The Morgan fingerprint density at radius 3 is 2.58 bits per heavy atom. The van der Waals surface area contributed by atoms with E-state index in [0.717, 1.165) is 9.87 Å². The molecule has 0 aromatic heterocycles. The van der Waals surface area contributed by atoms with Gasteiger partial charge in [0.05, 0.1) is 11.6 Å². The Hall–Kier alpha value is -3.07. The van der Waals surface area contributed by atoms with Gasteiger partial charge in [-0.3, -0.25) is 9.59 Å². The second kappa shape index (κ2) is 7.26. The molecular formula is C22H22N2O6S. The number of ether oxygens (including phenoxy) is 2.